The van der Waals surface area contributed by atoms with Crippen LogP contribution in [0, 0.1) is 6.92 Å². The second-order valence-electron chi connectivity index (χ2n) is 3.80. The van der Waals surface area contributed by atoms with Gasteiger partial charge in [0.15, 0.2) is 0 Å². The van der Waals surface area contributed by atoms with Crippen LogP contribution in [0.1, 0.15) is 11.3 Å². The summed E-state index contributed by atoms with van der Waals surface area (Å²) < 4.78 is 32.1. The molecule has 0 saturated heterocycles. The van der Waals surface area contributed by atoms with Gasteiger partial charge in [-0.15, -0.1) is 0 Å². The molecule has 2 rings (SSSR count). The molecule has 6 nitrogen and oxygen atoms in total. The summed E-state index contributed by atoms with van der Waals surface area (Å²) in [4.78, 5) is 3.95. The molecule has 0 atom stereocenters. The quantitative estimate of drug-likeness (QED) is 0.883. The second-order valence-corrected chi connectivity index (χ2v) is 6.27. The van der Waals surface area contributed by atoms with E-state index in [1.165, 1.54) is 18.3 Å². The highest BCUT2D eigenvalue weighted by Crippen LogP contribution is 2.21. The van der Waals surface area contributed by atoms with Crippen molar-refractivity contribution in [2.75, 3.05) is 4.72 Å². The summed E-state index contributed by atoms with van der Waals surface area (Å²) in [5.74, 6) is 0.378. The summed E-state index contributed by atoms with van der Waals surface area (Å²) in [6, 6.07) is 4.27. The minimum absolute atomic E-state index is 0.181. The highest BCUT2D eigenvalue weighted by atomic mass is 79.9. The first-order valence-electron chi connectivity index (χ1n) is 5.27. The predicted octanol–water partition coefficient (Wildman–Crippen LogP) is 2.04. The van der Waals surface area contributed by atoms with E-state index in [4.69, 9.17) is 9.52 Å². The summed E-state index contributed by atoms with van der Waals surface area (Å²) in [5.41, 5.74) is 0.850. The van der Waals surface area contributed by atoms with E-state index in [1.807, 2.05) is 6.92 Å². The maximum Gasteiger partial charge on any atom is 0.296 e. The van der Waals surface area contributed by atoms with Crippen LogP contribution in [0.25, 0.3) is 0 Å². The van der Waals surface area contributed by atoms with Crippen LogP contribution < -0.4 is 4.72 Å². The van der Waals surface area contributed by atoms with Gasteiger partial charge in [0.1, 0.15) is 18.2 Å². The Balaban J connectivity index is 2.28. The van der Waals surface area contributed by atoms with Crippen LogP contribution in [0.3, 0.4) is 0 Å². The molecule has 0 spiro atoms. The van der Waals surface area contributed by atoms with E-state index in [0.29, 0.717) is 0 Å². The Kier molecular flexibility index (Phi) is 3.93. The molecule has 0 bridgehead atoms. The standard InChI is InChI=1S/C11H11BrN2O4S/c1-7-4-10(13-5-9(7)12)14-19(16,17)11-3-2-8(6-15)18-11/h2-5,15H,6H2,1H3,(H,13,14). The number of halogens is 1. The molecular formula is C11H11BrN2O4S. The minimum atomic E-state index is -3.84. The van der Waals surface area contributed by atoms with Crippen LogP contribution in [0.2, 0.25) is 0 Å². The normalized spacial score (nSPS) is 11.5. The summed E-state index contributed by atoms with van der Waals surface area (Å²) in [5, 5.41) is 8.58. The van der Waals surface area contributed by atoms with Crippen molar-refractivity contribution in [3.05, 3.63) is 40.2 Å². The number of anilines is 1. The van der Waals surface area contributed by atoms with Crippen molar-refractivity contribution in [3.8, 4) is 0 Å². The Hall–Kier alpha value is -1.38. The van der Waals surface area contributed by atoms with Gasteiger partial charge in [-0.3, -0.25) is 4.72 Å². The first-order valence-corrected chi connectivity index (χ1v) is 7.54. The zero-order valence-corrected chi connectivity index (χ0v) is 12.3. The third-order valence-corrected chi connectivity index (χ3v) is 4.40. The number of aliphatic hydroxyl groups excluding tert-OH is 1. The van der Waals surface area contributed by atoms with Crippen molar-refractivity contribution in [1.29, 1.82) is 0 Å². The molecule has 2 heterocycles. The van der Waals surface area contributed by atoms with Crippen molar-refractivity contribution in [2.45, 2.75) is 18.6 Å². The smallest absolute Gasteiger partial charge is 0.296 e. The van der Waals surface area contributed by atoms with Gasteiger partial charge in [0.25, 0.3) is 10.0 Å². The van der Waals surface area contributed by atoms with E-state index in [1.54, 1.807) is 6.07 Å². The fraction of sp³-hybridized carbons (Fsp3) is 0.182. The highest BCUT2D eigenvalue weighted by molar-refractivity contribution is 9.10. The summed E-state index contributed by atoms with van der Waals surface area (Å²) >= 11 is 3.28. The lowest BCUT2D eigenvalue weighted by Crippen LogP contribution is -2.13. The van der Waals surface area contributed by atoms with Gasteiger partial charge in [-0.2, -0.15) is 8.42 Å². The number of sulfonamides is 1. The van der Waals surface area contributed by atoms with Crippen molar-refractivity contribution in [2.24, 2.45) is 0 Å². The Morgan fingerprint density at radius 2 is 2.21 bits per heavy atom. The van der Waals surface area contributed by atoms with E-state index in [2.05, 4.69) is 25.6 Å². The van der Waals surface area contributed by atoms with Gasteiger partial charge in [-0.25, -0.2) is 4.98 Å². The van der Waals surface area contributed by atoms with Gasteiger partial charge in [-0.05, 0) is 46.6 Å². The summed E-state index contributed by atoms with van der Waals surface area (Å²) in [6.45, 7) is 1.46. The Morgan fingerprint density at radius 3 is 2.79 bits per heavy atom. The average Bonchev–Trinajstić information content (AvgIpc) is 2.83. The molecule has 8 heteroatoms. The number of hydrogen-bond donors (Lipinski definition) is 2. The van der Waals surface area contributed by atoms with Crippen molar-refractivity contribution in [1.82, 2.24) is 4.98 Å². The van der Waals surface area contributed by atoms with E-state index in [-0.39, 0.29) is 23.3 Å². The number of furan rings is 1. The molecule has 2 N–H and O–H groups in total. The van der Waals surface area contributed by atoms with Gasteiger partial charge in [0.05, 0.1) is 0 Å². The first kappa shape index (κ1) is 14.0. The number of aliphatic hydroxyl groups is 1. The van der Waals surface area contributed by atoms with Crippen molar-refractivity contribution >= 4 is 31.8 Å². The molecule has 0 unspecified atom stereocenters. The van der Waals surface area contributed by atoms with Gasteiger partial charge in [0, 0.05) is 10.7 Å². The highest BCUT2D eigenvalue weighted by Gasteiger charge is 2.19. The third-order valence-electron chi connectivity index (χ3n) is 2.34. The second kappa shape index (κ2) is 5.32. The number of rotatable bonds is 4. The molecule has 0 aliphatic carbocycles. The molecule has 19 heavy (non-hydrogen) atoms. The van der Waals surface area contributed by atoms with Crippen molar-refractivity contribution in [3.63, 3.8) is 0 Å². The Morgan fingerprint density at radius 1 is 1.47 bits per heavy atom. The molecule has 2 aromatic rings. The van der Waals surface area contributed by atoms with Gasteiger partial charge in [-0.1, -0.05) is 0 Å². The average molecular weight is 347 g/mol. The third kappa shape index (κ3) is 3.14. The van der Waals surface area contributed by atoms with Crippen LogP contribution in [-0.2, 0) is 16.6 Å². The number of pyridine rings is 1. The largest absolute Gasteiger partial charge is 0.445 e. The topological polar surface area (TPSA) is 92.4 Å². The van der Waals surface area contributed by atoms with E-state index < -0.39 is 10.0 Å². The molecule has 0 fully saturated rings. The lowest BCUT2D eigenvalue weighted by Gasteiger charge is -2.06. The molecule has 102 valence electrons. The fourth-order valence-corrected chi connectivity index (χ4v) is 2.54. The SMILES string of the molecule is Cc1cc(NS(=O)(=O)c2ccc(CO)o2)ncc1Br. The van der Waals surface area contributed by atoms with Crippen LogP contribution in [0.4, 0.5) is 5.82 Å². The van der Waals surface area contributed by atoms with Gasteiger partial charge < -0.3 is 9.52 Å². The maximum absolute atomic E-state index is 12.0. The number of aryl methyl sites for hydroxylation is 1. The molecule has 0 amide bonds. The fourth-order valence-electron chi connectivity index (χ4n) is 1.37. The zero-order chi connectivity index (χ0) is 14.0. The zero-order valence-electron chi connectivity index (χ0n) is 9.92. The monoisotopic (exact) mass is 346 g/mol. The van der Waals surface area contributed by atoms with E-state index >= 15 is 0 Å². The number of hydrogen-bond acceptors (Lipinski definition) is 5. The van der Waals surface area contributed by atoms with Crippen LogP contribution in [0.15, 0.2) is 38.4 Å². The lowest BCUT2D eigenvalue weighted by atomic mass is 10.3. The Labute approximate surface area is 118 Å². The minimum Gasteiger partial charge on any atom is -0.445 e. The van der Waals surface area contributed by atoms with Gasteiger partial charge in [0.2, 0.25) is 5.09 Å². The Bertz CT molecular complexity index is 696. The van der Waals surface area contributed by atoms with E-state index in [0.717, 1.165) is 10.0 Å². The summed E-state index contributed by atoms with van der Waals surface area (Å²) in [6.07, 6.45) is 1.51. The van der Waals surface area contributed by atoms with Crippen LogP contribution >= 0.6 is 15.9 Å². The van der Waals surface area contributed by atoms with Gasteiger partial charge >= 0.3 is 0 Å². The molecule has 0 aromatic carbocycles. The number of aromatic nitrogens is 1. The maximum atomic E-state index is 12.0. The first-order chi connectivity index (χ1) is 8.92. The number of nitrogens with one attached hydrogen (secondary N) is 1. The predicted molar refractivity (Wildman–Crippen MR) is 72.1 cm³/mol. The lowest BCUT2D eigenvalue weighted by molar-refractivity contribution is 0.236. The van der Waals surface area contributed by atoms with Crippen LogP contribution in [0.5, 0.6) is 0 Å². The van der Waals surface area contributed by atoms with Crippen molar-refractivity contribution < 1.29 is 17.9 Å². The molecule has 0 aliphatic heterocycles. The number of nitrogens with zero attached hydrogens (tertiary/aromatic N) is 1. The molecule has 0 saturated carbocycles. The summed E-state index contributed by atoms with van der Waals surface area (Å²) in [7, 11) is -3.84. The molecule has 0 radical (unpaired) electrons. The van der Waals surface area contributed by atoms with Crippen LogP contribution in [-0.4, -0.2) is 18.5 Å². The molecule has 0 aliphatic rings. The van der Waals surface area contributed by atoms with E-state index in [9.17, 15) is 8.42 Å². The molecular weight excluding hydrogens is 336 g/mol. The molecule has 2 aromatic heterocycles.